The number of aryl methyl sites for hydroxylation is 2. The Morgan fingerprint density at radius 1 is 0.217 bits per heavy atom. The van der Waals surface area contributed by atoms with Gasteiger partial charge in [-0.1, -0.05) is 617 Å². The molecule has 0 saturated carbocycles. The summed E-state index contributed by atoms with van der Waals surface area (Å²) < 4.78 is 38.8. The molecule has 0 bridgehead atoms. The fourth-order valence-corrected chi connectivity index (χ4v) is 26.3. The second-order valence-corrected chi connectivity index (χ2v) is 50.6. The number of hydrogen-bond acceptors (Lipinski definition) is 10. The largest absolute Gasteiger partial charge is 0.466 e. The maximum atomic E-state index is 12.4. The highest BCUT2D eigenvalue weighted by Gasteiger charge is 2.26. The monoisotopic (exact) mass is 2060 g/mol. The minimum atomic E-state index is -1.28. The molecule has 12 heteroatoms. The highest BCUT2D eigenvalue weighted by Crippen LogP contribution is 2.54. The van der Waals surface area contributed by atoms with Crippen molar-refractivity contribution >= 4 is 49.9 Å². The lowest BCUT2D eigenvalue weighted by Gasteiger charge is -2.27. The van der Waals surface area contributed by atoms with Gasteiger partial charge in [-0.2, -0.15) is 0 Å². The Bertz CT molecular complexity index is 3120. The normalized spacial score (nSPS) is 12.1. The molecule has 4 rings (SSSR count). The number of unbranched alkanes of at least 4 members (excludes halogenated alkanes) is 84. The van der Waals surface area contributed by atoms with Gasteiger partial charge in [0, 0.05) is 29.8 Å². The number of carbonyl (C=O) groups excluding carboxylic acids is 2. The third-order valence-corrected chi connectivity index (χ3v) is 36.3. The van der Waals surface area contributed by atoms with Crippen LogP contribution in [0.3, 0.4) is 0 Å². The third kappa shape index (κ3) is 82.9. The lowest BCUT2D eigenvalue weighted by atomic mass is 9.78. The SMILES string of the molecule is CCCCCCCCCCCCCCCCCOC(=O)CCCCCCCCCCCCCCCCCSP(Oc1ccc(C(C)(C)c2ccc(OP(Oc3cccc(CCCCCCCCCCCCCCCCC)c3)SCCCCCCCCCCCCCCCCCC(=O)OCCCCCCCCCCCCCCCCC)cc2)cc1)Oc1cccc(CCCCCCCCCCCCCCCCC)c1. The van der Waals surface area contributed by atoms with E-state index in [0.717, 1.165) is 85.9 Å². The second-order valence-electron chi connectivity index (χ2n) is 44.3. The summed E-state index contributed by atoms with van der Waals surface area (Å²) in [7, 11) is -2.57. The molecule has 0 aliphatic rings. The van der Waals surface area contributed by atoms with Crippen LogP contribution in [0.5, 0.6) is 23.0 Å². The van der Waals surface area contributed by atoms with Crippen LogP contribution in [0, 0.1) is 0 Å². The van der Waals surface area contributed by atoms with Crippen molar-refractivity contribution in [2.75, 3.05) is 24.7 Å². The van der Waals surface area contributed by atoms with E-state index in [4.69, 9.17) is 27.6 Å². The molecule has 4 aromatic carbocycles. The van der Waals surface area contributed by atoms with Crippen molar-refractivity contribution in [3.63, 3.8) is 0 Å². The molecular weight excluding hydrogens is 1830 g/mol. The highest BCUT2D eigenvalue weighted by molar-refractivity contribution is 8.53. The third-order valence-electron chi connectivity index (χ3n) is 30.3. The smallest absolute Gasteiger partial charge is 0.360 e. The topological polar surface area (TPSA) is 89.5 Å². The highest BCUT2D eigenvalue weighted by atomic mass is 32.7. The van der Waals surface area contributed by atoms with Crippen molar-refractivity contribution in [1.82, 2.24) is 0 Å². The quantitative estimate of drug-likeness (QED) is 0.0242. The molecular formula is C131H230O8P2S2. The van der Waals surface area contributed by atoms with Crippen LogP contribution in [0.2, 0.25) is 0 Å². The zero-order valence-electron chi connectivity index (χ0n) is 95.0. The zero-order valence-corrected chi connectivity index (χ0v) is 98.4. The van der Waals surface area contributed by atoms with Crippen molar-refractivity contribution in [3.8, 4) is 23.0 Å². The molecule has 0 aromatic heterocycles. The molecule has 0 aliphatic carbocycles. The van der Waals surface area contributed by atoms with E-state index in [9.17, 15) is 9.59 Å². The van der Waals surface area contributed by atoms with Gasteiger partial charge in [-0.15, -0.1) is 0 Å². The molecule has 0 N–H and O–H groups in total. The Hall–Kier alpha value is -3.42. The second kappa shape index (κ2) is 102. The maximum absolute atomic E-state index is 12.4. The Labute approximate surface area is 898 Å². The minimum absolute atomic E-state index is 0.0146. The van der Waals surface area contributed by atoms with Gasteiger partial charge in [0.15, 0.2) is 0 Å². The summed E-state index contributed by atoms with van der Waals surface area (Å²) in [4.78, 5) is 24.7. The van der Waals surface area contributed by atoms with Crippen LogP contribution in [0.15, 0.2) is 97.1 Å². The molecule has 0 heterocycles. The molecule has 143 heavy (non-hydrogen) atoms. The summed E-state index contributed by atoms with van der Waals surface area (Å²) in [5.41, 5.74) is 4.95. The molecule has 0 amide bonds. The van der Waals surface area contributed by atoms with Crippen LogP contribution in [-0.2, 0) is 37.3 Å². The van der Waals surface area contributed by atoms with Gasteiger partial charge in [-0.05, 0) is 158 Å². The Morgan fingerprint density at radius 3 is 0.629 bits per heavy atom. The predicted molar refractivity (Wildman–Crippen MR) is 636 cm³/mol. The van der Waals surface area contributed by atoms with Crippen LogP contribution in [-0.4, -0.2) is 36.7 Å². The van der Waals surface area contributed by atoms with E-state index in [1.807, 2.05) is 22.8 Å². The van der Waals surface area contributed by atoms with Gasteiger partial charge >= 0.3 is 27.1 Å². The number of carbonyl (C=O) groups is 2. The van der Waals surface area contributed by atoms with Gasteiger partial charge in [0.2, 0.25) is 0 Å². The average molecular weight is 2060 g/mol. The van der Waals surface area contributed by atoms with Crippen LogP contribution in [0.4, 0.5) is 0 Å². The molecule has 8 nitrogen and oxygen atoms in total. The van der Waals surface area contributed by atoms with Crippen molar-refractivity contribution in [2.24, 2.45) is 0 Å². The van der Waals surface area contributed by atoms with E-state index in [1.54, 1.807) is 0 Å². The molecule has 0 spiro atoms. The molecule has 0 radical (unpaired) electrons. The van der Waals surface area contributed by atoms with Gasteiger partial charge in [-0.3, -0.25) is 9.59 Å². The number of rotatable bonds is 112. The van der Waals surface area contributed by atoms with Crippen LogP contribution >= 0.6 is 37.9 Å². The van der Waals surface area contributed by atoms with Crippen molar-refractivity contribution in [1.29, 1.82) is 0 Å². The predicted octanol–water partition coefficient (Wildman–Crippen LogP) is 47.0. The standard InChI is InChI=1S/C131H230O8P2S2/c1-7-11-15-19-23-27-31-35-41-49-57-65-73-81-89-99-121-101-97-103-127(119-121)138-140(142-117-95-87-79-71-63-55-47-39-43-51-59-67-75-83-91-105-129(132)134-115-93-85-77-69-61-53-45-37-33-29-25-21-17-13-9-3)136-125-111-107-123(108-112-125)131(5,6)124-109-113-126(114-110-124)137-141(139-128-104-98-102-122(120-128)100-90-82-74-66-58-50-42-36-32-28-24-20-16-12-8-2)143-118-96-88-80-72-64-56-48-40-44-52-60-68-76-84-92-106-130(133)135-116-94-86-78-70-62-54-46-38-34-30-26-22-18-14-10-4/h97-98,101-104,107-114,119-120H,7-96,99-100,105-106,115-118H2,1-6H3. The summed E-state index contributed by atoms with van der Waals surface area (Å²) in [5.74, 6) is 5.64. The summed E-state index contributed by atoms with van der Waals surface area (Å²) in [5, 5.41) is 0. The molecule has 2 unspecified atom stereocenters. The van der Waals surface area contributed by atoms with E-state index in [1.165, 1.54) is 562 Å². The van der Waals surface area contributed by atoms with Gasteiger partial charge in [-0.25, -0.2) is 0 Å². The first-order valence-corrected chi connectivity index (χ1v) is 68.4. The first-order valence-electron chi connectivity index (χ1n) is 62.9. The van der Waals surface area contributed by atoms with Gasteiger partial charge in [0.1, 0.15) is 23.0 Å². The van der Waals surface area contributed by atoms with Crippen molar-refractivity contribution in [3.05, 3.63) is 119 Å². The summed E-state index contributed by atoms with van der Waals surface area (Å²) >= 11 is 3.73. The molecule has 824 valence electrons. The summed E-state index contributed by atoms with van der Waals surface area (Å²) in [6.45, 7) is 15.1. The fourth-order valence-electron chi connectivity index (χ4n) is 20.5. The maximum Gasteiger partial charge on any atom is 0.360 e. The van der Waals surface area contributed by atoms with E-state index < -0.39 is 15.2 Å². The number of ether oxygens (including phenoxy) is 2. The number of hydrogen-bond donors (Lipinski definition) is 0. The molecule has 4 aromatic rings. The Kier molecular flexibility index (Phi) is 93.8. The van der Waals surface area contributed by atoms with E-state index in [-0.39, 0.29) is 17.4 Å². The molecule has 2 atom stereocenters. The lowest BCUT2D eigenvalue weighted by molar-refractivity contribution is -0.144. The van der Waals surface area contributed by atoms with E-state index in [2.05, 4.69) is 139 Å². The fraction of sp³-hybridized carbons (Fsp3) is 0.802. The van der Waals surface area contributed by atoms with Gasteiger partial charge in [0.25, 0.3) is 0 Å². The number of benzene rings is 4. The van der Waals surface area contributed by atoms with Crippen LogP contribution in [0.25, 0.3) is 0 Å². The van der Waals surface area contributed by atoms with Gasteiger partial charge in [0.05, 0.1) is 13.2 Å². The summed E-state index contributed by atoms with van der Waals surface area (Å²) in [6.07, 6.45) is 124. The summed E-state index contributed by atoms with van der Waals surface area (Å²) in [6, 6.07) is 35.5. The molecule has 0 aliphatic heterocycles. The minimum Gasteiger partial charge on any atom is -0.466 e. The number of esters is 2. The van der Waals surface area contributed by atoms with E-state index in [0.29, 0.717) is 26.1 Å². The Balaban J connectivity index is 1.20. The van der Waals surface area contributed by atoms with Crippen LogP contribution < -0.4 is 18.1 Å². The van der Waals surface area contributed by atoms with Crippen molar-refractivity contribution < 1.29 is 37.2 Å². The Morgan fingerprint density at radius 2 is 0.406 bits per heavy atom. The zero-order chi connectivity index (χ0) is 102. The van der Waals surface area contributed by atoms with Gasteiger partial charge < -0.3 is 27.6 Å². The van der Waals surface area contributed by atoms with Crippen molar-refractivity contribution in [2.45, 2.75) is 651 Å². The first kappa shape index (κ1) is 132. The first-order chi connectivity index (χ1) is 70.6. The molecule has 0 fully saturated rings. The average Bonchev–Trinajstić information content (AvgIpc) is 0.798. The van der Waals surface area contributed by atoms with E-state index >= 15 is 0 Å². The lowest BCUT2D eigenvalue weighted by Crippen LogP contribution is -2.18. The van der Waals surface area contributed by atoms with Crippen LogP contribution in [0.1, 0.15) is 655 Å². The molecule has 0 saturated heterocycles.